The Morgan fingerprint density at radius 2 is 2.50 bits per heavy atom. The Morgan fingerprint density at radius 1 is 1.75 bits per heavy atom. The zero-order valence-electron chi connectivity index (χ0n) is 7.88. The van der Waals surface area contributed by atoms with Gasteiger partial charge >= 0.3 is 0 Å². The number of rotatable bonds is 2. The Morgan fingerprint density at radius 3 is 3.08 bits per heavy atom. The van der Waals surface area contributed by atoms with Crippen LogP contribution in [0.25, 0.3) is 0 Å². The standard InChI is InChI=1S/C9H17N3/c1-8-7-12(6-5-11-8)9(2)3-4-10/h8-9,11H,3,5-7H2,1-2H3/t8-,9?/m0/s1. The smallest absolute Gasteiger partial charge is 0.0638 e. The fourth-order valence-corrected chi connectivity index (χ4v) is 1.62. The first-order valence-corrected chi connectivity index (χ1v) is 4.58. The minimum absolute atomic E-state index is 0.416. The SMILES string of the molecule is CC(CC#N)N1CCN[C@@H](C)C1. The molecule has 1 unspecified atom stereocenters. The monoisotopic (exact) mass is 167 g/mol. The molecule has 1 fully saturated rings. The lowest BCUT2D eigenvalue weighted by atomic mass is 10.1. The van der Waals surface area contributed by atoms with E-state index in [4.69, 9.17) is 5.26 Å². The summed E-state index contributed by atoms with van der Waals surface area (Å²) >= 11 is 0. The lowest BCUT2D eigenvalue weighted by molar-refractivity contribution is 0.160. The molecule has 1 saturated heterocycles. The van der Waals surface area contributed by atoms with E-state index in [2.05, 4.69) is 30.1 Å². The third-order valence-electron chi connectivity index (χ3n) is 2.41. The fraction of sp³-hybridized carbons (Fsp3) is 0.889. The first kappa shape index (κ1) is 9.50. The van der Waals surface area contributed by atoms with Crippen LogP contribution in [0.3, 0.4) is 0 Å². The molecule has 0 aromatic carbocycles. The number of hydrogen-bond acceptors (Lipinski definition) is 3. The van der Waals surface area contributed by atoms with Crippen LogP contribution in [0.1, 0.15) is 20.3 Å². The molecule has 0 aliphatic carbocycles. The molecule has 1 aliphatic heterocycles. The van der Waals surface area contributed by atoms with E-state index in [1.54, 1.807) is 0 Å². The largest absolute Gasteiger partial charge is 0.312 e. The summed E-state index contributed by atoms with van der Waals surface area (Å²) in [4.78, 5) is 2.38. The maximum absolute atomic E-state index is 8.54. The fourth-order valence-electron chi connectivity index (χ4n) is 1.62. The summed E-state index contributed by atoms with van der Waals surface area (Å²) in [7, 11) is 0. The summed E-state index contributed by atoms with van der Waals surface area (Å²) in [5.74, 6) is 0. The van der Waals surface area contributed by atoms with Crippen molar-refractivity contribution in [2.75, 3.05) is 19.6 Å². The van der Waals surface area contributed by atoms with E-state index in [1.807, 2.05) is 0 Å². The summed E-state index contributed by atoms with van der Waals surface area (Å²) in [6.45, 7) is 7.51. The second kappa shape index (κ2) is 4.44. The number of nitrogens with zero attached hydrogens (tertiary/aromatic N) is 2. The van der Waals surface area contributed by atoms with Gasteiger partial charge < -0.3 is 5.32 Å². The van der Waals surface area contributed by atoms with Gasteiger partial charge in [0.1, 0.15) is 0 Å². The van der Waals surface area contributed by atoms with Crippen molar-refractivity contribution in [3.05, 3.63) is 0 Å². The van der Waals surface area contributed by atoms with Crippen LogP contribution < -0.4 is 5.32 Å². The molecule has 0 aromatic rings. The molecule has 0 aromatic heterocycles. The summed E-state index contributed by atoms with van der Waals surface area (Å²) < 4.78 is 0. The molecule has 3 nitrogen and oxygen atoms in total. The molecule has 0 amide bonds. The molecule has 0 radical (unpaired) electrons. The van der Waals surface area contributed by atoms with E-state index < -0.39 is 0 Å². The predicted octanol–water partition coefficient (Wildman–Crippen LogP) is 0.582. The van der Waals surface area contributed by atoms with Gasteiger partial charge in [-0.25, -0.2) is 0 Å². The third kappa shape index (κ3) is 2.47. The zero-order chi connectivity index (χ0) is 8.97. The number of nitrogens with one attached hydrogen (secondary N) is 1. The normalized spacial score (nSPS) is 27.9. The summed E-state index contributed by atoms with van der Waals surface area (Å²) in [6, 6.07) is 3.20. The first-order chi connectivity index (χ1) is 5.74. The Balaban J connectivity index is 2.35. The Hall–Kier alpha value is -0.590. The van der Waals surface area contributed by atoms with Crippen LogP contribution >= 0.6 is 0 Å². The van der Waals surface area contributed by atoms with E-state index in [-0.39, 0.29) is 0 Å². The zero-order valence-corrected chi connectivity index (χ0v) is 7.88. The van der Waals surface area contributed by atoms with E-state index >= 15 is 0 Å². The van der Waals surface area contributed by atoms with E-state index in [9.17, 15) is 0 Å². The molecule has 1 N–H and O–H groups in total. The minimum atomic E-state index is 0.416. The van der Waals surface area contributed by atoms with Crippen molar-refractivity contribution in [2.45, 2.75) is 32.4 Å². The van der Waals surface area contributed by atoms with Crippen LogP contribution in [0.4, 0.5) is 0 Å². The molecule has 0 saturated carbocycles. The van der Waals surface area contributed by atoms with Gasteiger partial charge in [0.25, 0.3) is 0 Å². The molecule has 3 heteroatoms. The van der Waals surface area contributed by atoms with E-state index in [0.717, 1.165) is 19.6 Å². The van der Waals surface area contributed by atoms with Gasteiger partial charge in [-0.05, 0) is 13.8 Å². The molecule has 68 valence electrons. The topological polar surface area (TPSA) is 39.1 Å². The number of nitriles is 1. The van der Waals surface area contributed by atoms with Crippen molar-refractivity contribution in [1.29, 1.82) is 5.26 Å². The highest BCUT2D eigenvalue weighted by Crippen LogP contribution is 2.06. The van der Waals surface area contributed by atoms with Crippen LogP contribution in [0.2, 0.25) is 0 Å². The quantitative estimate of drug-likeness (QED) is 0.654. The van der Waals surface area contributed by atoms with Gasteiger partial charge in [-0.2, -0.15) is 5.26 Å². The second-order valence-corrected chi connectivity index (χ2v) is 3.56. The molecule has 2 atom stereocenters. The Bertz CT molecular complexity index is 173. The van der Waals surface area contributed by atoms with Crippen molar-refractivity contribution < 1.29 is 0 Å². The average Bonchev–Trinajstić information content (AvgIpc) is 2.05. The Kier molecular flexibility index (Phi) is 3.51. The van der Waals surface area contributed by atoms with Crippen LogP contribution in [0, 0.1) is 11.3 Å². The highest BCUT2D eigenvalue weighted by molar-refractivity contribution is 4.84. The van der Waals surface area contributed by atoms with Crippen LogP contribution in [-0.2, 0) is 0 Å². The number of hydrogen-bond donors (Lipinski definition) is 1. The van der Waals surface area contributed by atoms with Crippen molar-refractivity contribution in [1.82, 2.24) is 10.2 Å². The molecule has 1 rings (SSSR count). The van der Waals surface area contributed by atoms with Crippen molar-refractivity contribution in [3.63, 3.8) is 0 Å². The molecular formula is C9H17N3. The average molecular weight is 167 g/mol. The second-order valence-electron chi connectivity index (χ2n) is 3.56. The molecular weight excluding hydrogens is 150 g/mol. The predicted molar refractivity (Wildman–Crippen MR) is 48.7 cm³/mol. The molecule has 0 spiro atoms. The van der Waals surface area contributed by atoms with E-state index in [1.165, 1.54) is 0 Å². The van der Waals surface area contributed by atoms with Crippen molar-refractivity contribution in [3.8, 4) is 6.07 Å². The van der Waals surface area contributed by atoms with Crippen molar-refractivity contribution in [2.24, 2.45) is 0 Å². The summed E-state index contributed by atoms with van der Waals surface area (Å²) in [5.41, 5.74) is 0. The maximum Gasteiger partial charge on any atom is 0.0638 e. The summed E-state index contributed by atoms with van der Waals surface area (Å²) in [5, 5.41) is 11.9. The first-order valence-electron chi connectivity index (χ1n) is 4.58. The Labute approximate surface area is 74.4 Å². The van der Waals surface area contributed by atoms with E-state index in [0.29, 0.717) is 18.5 Å². The lowest BCUT2D eigenvalue weighted by Gasteiger charge is -2.35. The summed E-state index contributed by atoms with van der Waals surface area (Å²) in [6.07, 6.45) is 0.646. The number of piperazine rings is 1. The van der Waals surface area contributed by atoms with Crippen LogP contribution in [-0.4, -0.2) is 36.6 Å². The lowest BCUT2D eigenvalue weighted by Crippen LogP contribution is -2.52. The van der Waals surface area contributed by atoms with Crippen LogP contribution in [0.15, 0.2) is 0 Å². The van der Waals surface area contributed by atoms with Gasteiger partial charge in [0.2, 0.25) is 0 Å². The van der Waals surface area contributed by atoms with Crippen molar-refractivity contribution >= 4 is 0 Å². The highest BCUT2D eigenvalue weighted by atomic mass is 15.2. The van der Waals surface area contributed by atoms with Gasteiger partial charge in [-0.3, -0.25) is 4.90 Å². The minimum Gasteiger partial charge on any atom is -0.312 e. The maximum atomic E-state index is 8.54. The molecule has 12 heavy (non-hydrogen) atoms. The molecule has 1 heterocycles. The van der Waals surface area contributed by atoms with Gasteiger partial charge in [0.15, 0.2) is 0 Å². The van der Waals surface area contributed by atoms with Gasteiger partial charge in [0.05, 0.1) is 12.5 Å². The molecule has 0 bridgehead atoms. The highest BCUT2D eigenvalue weighted by Gasteiger charge is 2.19. The molecule has 1 aliphatic rings. The van der Waals surface area contributed by atoms with Crippen LogP contribution in [0.5, 0.6) is 0 Å². The van der Waals surface area contributed by atoms with Gasteiger partial charge in [-0.1, -0.05) is 0 Å². The third-order valence-corrected chi connectivity index (χ3v) is 2.41. The van der Waals surface area contributed by atoms with Gasteiger partial charge in [0, 0.05) is 31.7 Å². The van der Waals surface area contributed by atoms with Gasteiger partial charge in [-0.15, -0.1) is 0 Å².